The highest BCUT2D eigenvalue weighted by atomic mass is 16.5. The minimum Gasteiger partial charge on any atom is -0.491 e. The van der Waals surface area contributed by atoms with Crippen molar-refractivity contribution < 1.29 is 19.2 Å². The van der Waals surface area contributed by atoms with E-state index in [4.69, 9.17) is 14.4 Å². The molecule has 1 aromatic carbocycles. The molecule has 2 aromatic rings. The number of hydrogen-bond acceptors (Lipinski definition) is 5. The number of hydrogen-bond donors (Lipinski definition) is 2. The molecular formula is C14H16N2O4. The van der Waals surface area contributed by atoms with Gasteiger partial charge in [0.1, 0.15) is 17.9 Å². The molecule has 0 spiro atoms. The molecule has 0 aliphatic heterocycles. The summed E-state index contributed by atoms with van der Waals surface area (Å²) in [4.78, 5) is 11.0. The first-order valence-corrected chi connectivity index (χ1v) is 6.25. The van der Waals surface area contributed by atoms with Crippen molar-refractivity contribution in [1.29, 1.82) is 0 Å². The zero-order valence-corrected chi connectivity index (χ0v) is 11.1. The summed E-state index contributed by atoms with van der Waals surface area (Å²) in [5.41, 5.74) is 1.01. The lowest BCUT2D eigenvalue weighted by atomic mass is 10.2. The summed E-state index contributed by atoms with van der Waals surface area (Å²) in [6.45, 7) is 3.37. The van der Waals surface area contributed by atoms with Crippen LogP contribution in [0.15, 0.2) is 34.9 Å². The van der Waals surface area contributed by atoms with Crippen molar-refractivity contribution in [3.05, 3.63) is 47.3 Å². The van der Waals surface area contributed by atoms with Crippen LogP contribution in [0.5, 0.6) is 5.75 Å². The molecule has 0 saturated heterocycles. The number of nitrogens with one attached hydrogen (secondary N) is 1. The maximum Gasteiger partial charge on any atom is 0.339 e. The molecule has 0 saturated carbocycles. The number of nitrogens with zero attached hydrogens (tertiary/aromatic N) is 1. The lowest BCUT2D eigenvalue weighted by Gasteiger charge is -2.09. The van der Waals surface area contributed by atoms with Crippen LogP contribution in [0, 0.1) is 6.92 Å². The Balaban J connectivity index is 1.75. The van der Waals surface area contributed by atoms with E-state index in [0.717, 1.165) is 11.5 Å². The fraction of sp³-hybridized carbons (Fsp3) is 0.286. The summed E-state index contributed by atoms with van der Waals surface area (Å²) in [7, 11) is 0. The van der Waals surface area contributed by atoms with Gasteiger partial charge in [-0.25, -0.2) is 4.79 Å². The van der Waals surface area contributed by atoms with E-state index in [9.17, 15) is 4.79 Å². The number of aromatic nitrogens is 1. The highest BCUT2D eigenvalue weighted by Gasteiger charge is 2.09. The number of para-hydroxylation sites is 1. The Bertz CT molecular complexity index is 580. The molecule has 6 nitrogen and oxygen atoms in total. The number of ether oxygens (including phenoxy) is 1. The lowest BCUT2D eigenvalue weighted by molar-refractivity contribution is 0.0692. The molecule has 0 aliphatic rings. The Labute approximate surface area is 116 Å². The average Bonchev–Trinajstić information content (AvgIpc) is 2.84. The van der Waals surface area contributed by atoms with Crippen LogP contribution in [0.25, 0.3) is 0 Å². The number of carboxylic acid groups (broad SMARTS) is 1. The molecule has 2 rings (SSSR count). The third kappa shape index (κ3) is 3.83. The fourth-order valence-corrected chi connectivity index (χ4v) is 1.71. The molecule has 0 bridgehead atoms. The van der Waals surface area contributed by atoms with Gasteiger partial charge in [0.05, 0.1) is 12.2 Å². The molecule has 106 valence electrons. The summed E-state index contributed by atoms with van der Waals surface area (Å²) in [5, 5.41) is 15.9. The summed E-state index contributed by atoms with van der Waals surface area (Å²) in [5.74, 6) is 0.136. The molecular weight excluding hydrogens is 260 g/mol. The Kier molecular flexibility index (Phi) is 4.73. The minimum absolute atomic E-state index is 0.165. The second kappa shape index (κ2) is 6.72. The van der Waals surface area contributed by atoms with Gasteiger partial charge in [0.15, 0.2) is 5.76 Å². The van der Waals surface area contributed by atoms with Crippen LogP contribution in [0.2, 0.25) is 0 Å². The Hall–Kier alpha value is -2.34. The maximum absolute atomic E-state index is 11.0. The van der Waals surface area contributed by atoms with Gasteiger partial charge < -0.3 is 19.7 Å². The zero-order chi connectivity index (χ0) is 14.4. The van der Waals surface area contributed by atoms with Crippen LogP contribution in [0.3, 0.4) is 0 Å². The topological polar surface area (TPSA) is 84.6 Å². The monoisotopic (exact) mass is 276 g/mol. The van der Waals surface area contributed by atoms with Crippen molar-refractivity contribution in [2.45, 2.75) is 13.5 Å². The molecule has 0 amide bonds. The molecule has 0 atom stereocenters. The largest absolute Gasteiger partial charge is 0.491 e. The van der Waals surface area contributed by atoms with Crippen LogP contribution < -0.4 is 10.1 Å². The third-order valence-electron chi connectivity index (χ3n) is 2.63. The maximum atomic E-state index is 11.0. The van der Waals surface area contributed by atoms with Gasteiger partial charge >= 0.3 is 5.97 Å². The van der Waals surface area contributed by atoms with E-state index in [1.807, 2.05) is 13.0 Å². The highest BCUT2D eigenvalue weighted by Crippen LogP contribution is 2.17. The molecule has 1 aromatic heterocycles. The summed E-state index contributed by atoms with van der Waals surface area (Å²) < 4.78 is 10.5. The van der Waals surface area contributed by atoms with E-state index in [-0.39, 0.29) is 5.56 Å². The Morgan fingerprint density at radius 3 is 2.95 bits per heavy atom. The SMILES string of the molecule is Cc1cc(CNCCOc2ccccc2C(=O)O)on1. The number of aryl methyl sites for hydroxylation is 1. The van der Waals surface area contributed by atoms with Crippen LogP contribution in [0.4, 0.5) is 0 Å². The van der Waals surface area contributed by atoms with Gasteiger partial charge in [-0.1, -0.05) is 17.3 Å². The molecule has 0 radical (unpaired) electrons. The van der Waals surface area contributed by atoms with Crippen molar-refractivity contribution in [2.24, 2.45) is 0 Å². The van der Waals surface area contributed by atoms with Gasteiger partial charge in [0.2, 0.25) is 0 Å². The predicted molar refractivity (Wildman–Crippen MR) is 71.8 cm³/mol. The van der Waals surface area contributed by atoms with Gasteiger partial charge in [-0.05, 0) is 19.1 Å². The first kappa shape index (κ1) is 14.1. The molecule has 6 heteroatoms. The highest BCUT2D eigenvalue weighted by molar-refractivity contribution is 5.90. The smallest absolute Gasteiger partial charge is 0.339 e. The number of carboxylic acids is 1. The van der Waals surface area contributed by atoms with Gasteiger partial charge in [-0.2, -0.15) is 0 Å². The van der Waals surface area contributed by atoms with Gasteiger partial charge in [-0.15, -0.1) is 0 Å². The van der Waals surface area contributed by atoms with Crippen molar-refractivity contribution in [2.75, 3.05) is 13.2 Å². The lowest BCUT2D eigenvalue weighted by Crippen LogP contribution is -2.20. The summed E-state index contributed by atoms with van der Waals surface area (Å²) in [6.07, 6.45) is 0. The number of carbonyl (C=O) groups is 1. The predicted octanol–water partition coefficient (Wildman–Crippen LogP) is 1.85. The molecule has 1 heterocycles. The third-order valence-corrected chi connectivity index (χ3v) is 2.63. The standard InChI is InChI=1S/C14H16N2O4/c1-10-8-11(20-16-10)9-15-6-7-19-13-5-3-2-4-12(13)14(17)18/h2-5,8,15H,6-7,9H2,1H3,(H,17,18). The van der Waals surface area contributed by atoms with E-state index in [2.05, 4.69) is 10.5 Å². The molecule has 20 heavy (non-hydrogen) atoms. The first-order chi connectivity index (χ1) is 9.66. The van der Waals surface area contributed by atoms with Crippen LogP contribution in [-0.4, -0.2) is 29.4 Å². The number of rotatable bonds is 7. The molecule has 0 unspecified atom stereocenters. The molecule has 0 aliphatic carbocycles. The van der Waals surface area contributed by atoms with E-state index < -0.39 is 5.97 Å². The number of benzene rings is 1. The van der Waals surface area contributed by atoms with Crippen LogP contribution >= 0.6 is 0 Å². The zero-order valence-electron chi connectivity index (χ0n) is 11.1. The van der Waals surface area contributed by atoms with Crippen molar-refractivity contribution in [3.8, 4) is 5.75 Å². The van der Waals surface area contributed by atoms with Crippen LogP contribution in [0.1, 0.15) is 21.8 Å². The van der Waals surface area contributed by atoms with E-state index in [0.29, 0.717) is 25.4 Å². The second-order valence-corrected chi connectivity index (χ2v) is 4.26. The van der Waals surface area contributed by atoms with E-state index in [1.54, 1.807) is 18.2 Å². The Morgan fingerprint density at radius 2 is 2.25 bits per heavy atom. The second-order valence-electron chi connectivity index (χ2n) is 4.26. The minimum atomic E-state index is -0.995. The van der Waals surface area contributed by atoms with Crippen molar-refractivity contribution in [3.63, 3.8) is 0 Å². The van der Waals surface area contributed by atoms with Crippen molar-refractivity contribution in [1.82, 2.24) is 10.5 Å². The number of aromatic carboxylic acids is 1. The van der Waals surface area contributed by atoms with Gasteiger partial charge in [0.25, 0.3) is 0 Å². The molecule has 2 N–H and O–H groups in total. The average molecular weight is 276 g/mol. The van der Waals surface area contributed by atoms with Crippen molar-refractivity contribution >= 4 is 5.97 Å². The Morgan fingerprint density at radius 1 is 1.45 bits per heavy atom. The van der Waals surface area contributed by atoms with E-state index >= 15 is 0 Å². The molecule has 0 fully saturated rings. The van der Waals surface area contributed by atoms with Gasteiger partial charge in [0, 0.05) is 12.6 Å². The van der Waals surface area contributed by atoms with Crippen LogP contribution in [-0.2, 0) is 6.54 Å². The summed E-state index contributed by atoms with van der Waals surface area (Å²) >= 11 is 0. The quantitative estimate of drug-likeness (QED) is 0.751. The summed E-state index contributed by atoms with van der Waals surface area (Å²) in [6, 6.07) is 8.42. The first-order valence-electron chi connectivity index (χ1n) is 6.25. The van der Waals surface area contributed by atoms with Gasteiger partial charge in [-0.3, -0.25) is 0 Å². The normalized spacial score (nSPS) is 10.4. The fourth-order valence-electron chi connectivity index (χ4n) is 1.71. The van der Waals surface area contributed by atoms with E-state index in [1.165, 1.54) is 6.07 Å².